The van der Waals surface area contributed by atoms with E-state index in [4.69, 9.17) is 14.2 Å². The van der Waals surface area contributed by atoms with Gasteiger partial charge in [-0.2, -0.15) is 0 Å². The molecule has 3 N–H and O–H groups in total. The highest BCUT2D eigenvalue weighted by Gasteiger charge is 2.54. The zero-order valence-electron chi connectivity index (χ0n) is 42.2. The molecule has 17 nitrogen and oxygen atoms in total. The number of fused-ring (bicyclic) bond motifs is 7. The molecule has 16 heterocycles. The van der Waals surface area contributed by atoms with Crippen LogP contribution in [0, 0.1) is 31.6 Å². The fourth-order valence-electron chi connectivity index (χ4n) is 12.7. The number of rotatable bonds is 5. The molecule has 390 valence electrons. The van der Waals surface area contributed by atoms with Gasteiger partial charge in [0.05, 0.1) is 35.5 Å². The van der Waals surface area contributed by atoms with Crippen molar-refractivity contribution in [1.29, 1.82) is 0 Å². The van der Waals surface area contributed by atoms with Gasteiger partial charge in [0, 0.05) is 67.1 Å². The summed E-state index contributed by atoms with van der Waals surface area (Å²) < 4.78 is 20.2. The van der Waals surface area contributed by atoms with Gasteiger partial charge in [-0.1, -0.05) is 55.2 Å². The number of nitrogens with zero attached hydrogens (tertiary/aromatic N) is 11. The molecule has 0 amide bonds. The second-order valence-electron chi connectivity index (χ2n) is 21.7. The van der Waals surface area contributed by atoms with Crippen molar-refractivity contribution in [3.63, 3.8) is 0 Å². The first-order chi connectivity index (χ1) is 36.2. The minimum absolute atomic E-state index is 0. The number of piperidine rings is 9. The van der Waals surface area contributed by atoms with Crippen LogP contribution in [-0.4, -0.2) is 153 Å². The molecule has 12 aliphatic rings. The molecule has 9 fully saturated rings. The normalized spacial score (nSPS) is 30.2. The summed E-state index contributed by atoms with van der Waals surface area (Å²) in [5.41, 5.74) is 7.02. The van der Waals surface area contributed by atoms with Crippen molar-refractivity contribution in [3.05, 3.63) is 109 Å². The number of amidine groups is 3. The van der Waals surface area contributed by atoms with Crippen LogP contribution in [0.3, 0.4) is 0 Å². The summed E-state index contributed by atoms with van der Waals surface area (Å²) in [7, 11) is 0. The lowest BCUT2D eigenvalue weighted by atomic mass is 9.75. The minimum atomic E-state index is -0.143. The van der Waals surface area contributed by atoms with Gasteiger partial charge in [0.25, 0.3) is 18.1 Å². The van der Waals surface area contributed by atoms with Crippen LogP contribution >= 0.6 is 11.3 Å². The van der Waals surface area contributed by atoms with Crippen molar-refractivity contribution in [2.24, 2.45) is 32.7 Å². The third-order valence-electron chi connectivity index (χ3n) is 16.8. The topological polar surface area (TPSA) is 175 Å². The van der Waals surface area contributed by atoms with Gasteiger partial charge in [0.1, 0.15) is 34.8 Å². The van der Waals surface area contributed by atoms with E-state index < -0.39 is 0 Å². The monoisotopic (exact) mass is 1030 g/mol. The van der Waals surface area contributed by atoms with E-state index in [0.717, 1.165) is 78.2 Å². The van der Waals surface area contributed by atoms with Crippen LogP contribution in [0.15, 0.2) is 113 Å². The predicted molar refractivity (Wildman–Crippen MR) is 297 cm³/mol. The van der Waals surface area contributed by atoms with Crippen LogP contribution in [0.5, 0.6) is 0 Å². The Balaban J connectivity index is 0.000000113. The van der Waals surface area contributed by atoms with Gasteiger partial charge >= 0.3 is 0 Å². The lowest BCUT2D eigenvalue weighted by Gasteiger charge is -2.50. The second-order valence-corrected chi connectivity index (χ2v) is 22.7. The minimum Gasteiger partial charge on any atom is -0.455 e. The van der Waals surface area contributed by atoms with E-state index in [1.54, 1.807) is 17.7 Å². The third kappa shape index (κ3) is 10.2. The SMILES string of the molecule is C.Cc1ccc(-c2cc(NC3=NC[C@@]4(CN5CCC4CC5)O3)ncn2)cn1.Cc1ccc2nc(NC3=NC[C@@]4(CN5CCC4CC5)O3)sc2c1.c1ccc(-c2ccnc(NC3=NC[C@@]4(CN5CCC4CC5)O3)c2)cc1. The molecule has 3 spiro atoms. The Morgan fingerprint density at radius 1 is 0.547 bits per heavy atom. The molecule has 4 aromatic heterocycles. The van der Waals surface area contributed by atoms with Crippen molar-refractivity contribution >= 4 is 56.4 Å². The standard InChI is InChI=1S/C20H22N4O.C19H22N6O.C17H20N4OS.CH4/c1-2-4-15(5-3-1)16-6-9-21-18(12-16)23-19-22-13-20(25-19)14-24-10-7-17(20)8-11-24;1-13-2-3-14(9-20-13)16-8-17(23-12-22-16)24-18-21-10-19(26-18)11-25-6-4-15(19)5-7-25;1-11-2-3-13-14(8-11)23-16(19-13)20-15-18-9-17(22-15)10-21-6-4-12(17)5-7-21;/h1-6,9,12,17H,7-8,10-11,13-14H2,(H,21,22,23);2-3,8-9,12,15H,4-7,10-11H2,1H3,(H,21,22,23,24);2-3,8,12H,4-7,9-10H2,1H3,(H,18,19,20);1H4/t20-;19-;17-;/m000./s1. The van der Waals surface area contributed by atoms with E-state index in [0.29, 0.717) is 41.6 Å². The summed E-state index contributed by atoms with van der Waals surface area (Å²) in [5.74, 6) is 3.35. The molecule has 0 saturated carbocycles. The molecular formula is C57H68N14O3S. The van der Waals surface area contributed by atoms with Crippen molar-refractivity contribution in [1.82, 2.24) is 39.6 Å². The molecule has 0 radical (unpaired) electrons. The number of benzene rings is 2. The maximum absolute atomic E-state index is 6.33. The van der Waals surface area contributed by atoms with Gasteiger partial charge in [-0.15, -0.1) is 0 Å². The Morgan fingerprint density at radius 3 is 1.64 bits per heavy atom. The maximum Gasteiger partial charge on any atom is 0.291 e. The van der Waals surface area contributed by atoms with E-state index in [9.17, 15) is 0 Å². The molecule has 18 rings (SSSR count). The molecule has 6 aromatic rings. The smallest absolute Gasteiger partial charge is 0.291 e. The average molecular weight is 1030 g/mol. The zero-order valence-corrected chi connectivity index (χ0v) is 43.1. The van der Waals surface area contributed by atoms with E-state index >= 15 is 0 Å². The Labute approximate surface area is 443 Å². The first-order valence-electron chi connectivity index (χ1n) is 26.5. The zero-order chi connectivity index (χ0) is 49.7. The molecule has 3 atom stereocenters. The molecule has 75 heavy (non-hydrogen) atoms. The van der Waals surface area contributed by atoms with E-state index in [1.165, 1.54) is 93.6 Å². The average Bonchev–Trinajstić information content (AvgIpc) is 4.25. The van der Waals surface area contributed by atoms with Crippen LogP contribution in [0.2, 0.25) is 0 Å². The van der Waals surface area contributed by atoms with Crippen LogP contribution in [0.4, 0.5) is 16.8 Å². The lowest BCUT2D eigenvalue weighted by Crippen LogP contribution is -2.61. The van der Waals surface area contributed by atoms with Gasteiger partial charge in [0.2, 0.25) is 0 Å². The number of ether oxygens (including phenoxy) is 3. The highest BCUT2D eigenvalue weighted by atomic mass is 32.1. The highest BCUT2D eigenvalue weighted by Crippen LogP contribution is 2.44. The number of thiazole rings is 1. The summed E-state index contributed by atoms with van der Waals surface area (Å²) in [5, 5.41) is 10.7. The molecule has 0 unspecified atom stereocenters. The number of hydrogen-bond donors (Lipinski definition) is 3. The molecule has 2 aromatic carbocycles. The molecule has 0 aliphatic carbocycles. The Hall–Kier alpha value is -6.60. The summed E-state index contributed by atoms with van der Waals surface area (Å²) in [4.78, 5) is 43.5. The second kappa shape index (κ2) is 20.5. The van der Waals surface area contributed by atoms with Crippen molar-refractivity contribution in [2.45, 2.75) is 76.6 Å². The molecule has 12 aliphatic heterocycles. The molecule has 18 heteroatoms. The summed E-state index contributed by atoms with van der Waals surface area (Å²) in [6.45, 7) is 16.6. The Morgan fingerprint density at radius 2 is 1.11 bits per heavy atom. The Kier molecular flexibility index (Phi) is 13.5. The van der Waals surface area contributed by atoms with E-state index in [1.807, 2.05) is 67.8 Å². The van der Waals surface area contributed by atoms with E-state index in [2.05, 4.69) is 108 Å². The van der Waals surface area contributed by atoms with Crippen LogP contribution in [-0.2, 0) is 14.2 Å². The van der Waals surface area contributed by atoms with Crippen molar-refractivity contribution < 1.29 is 14.2 Å². The number of anilines is 3. The summed E-state index contributed by atoms with van der Waals surface area (Å²) in [6, 6.07) is 28.5. The number of pyridine rings is 2. The number of nitrogens with one attached hydrogen (secondary N) is 3. The molecule has 6 bridgehead atoms. The van der Waals surface area contributed by atoms with E-state index in [-0.39, 0.29) is 24.2 Å². The van der Waals surface area contributed by atoms with Crippen LogP contribution in [0.1, 0.15) is 57.2 Å². The van der Waals surface area contributed by atoms with Gasteiger partial charge in [0.15, 0.2) is 5.13 Å². The summed E-state index contributed by atoms with van der Waals surface area (Å²) in [6.07, 6.45) is 12.6. The van der Waals surface area contributed by atoms with Crippen molar-refractivity contribution in [2.75, 3.05) is 94.5 Å². The van der Waals surface area contributed by atoms with Gasteiger partial charge in [-0.25, -0.2) is 34.9 Å². The highest BCUT2D eigenvalue weighted by molar-refractivity contribution is 7.22. The number of aromatic nitrogens is 5. The maximum atomic E-state index is 6.33. The van der Waals surface area contributed by atoms with Crippen LogP contribution < -0.4 is 16.0 Å². The largest absolute Gasteiger partial charge is 0.455 e. The predicted octanol–water partition coefficient (Wildman–Crippen LogP) is 8.62. The quantitative estimate of drug-likeness (QED) is 0.150. The number of aliphatic imine (C=N–C) groups is 3. The lowest BCUT2D eigenvalue weighted by molar-refractivity contribution is -0.0830. The first kappa shape index (κ1) is 49.3. The Bertz CT molecular complexity index is 3090. The molecule has 9 saturated heterocycles. The fourth-order valence-corrected chi connectivity index (χ4v) is 13.7. The summed E-state index contributed by atoms with van der Waals surface area (Å²) >= 11 is 1.66. The number of hydrogen-bond acceptors (Lipinski definition) is 18. The van der Waals surface area contributed by atoms with Crippen molar-refractivity contribution in [3.8, 4) is 22.4 Å². The number of aryl methyl sites for hydroxylation is 2. The van der Waals surface area contributed by atoms with Crippen LogP contribution in [0.25, 0.3) is 32.6 Å². The van der Waals surface area contributed by atoms with Gasteiger partial charge < -0.3 is 14.2 Å². The fraction of sp³-hybridized carbons (Fsp3) is 0.474. The van der Waals surface area contributed by atoms with Gasteiger partial charge in [-0.05, 0) is 145 Å². The van der Waals surface area contributed by atoms with Gasteiger partial charge in [-0.3, -0.25) is 35.6 Å². The first-order valence-corrected chi connectivity index (χ1v) is 27.4. The molecular weight excluding hydrogens is 961 g/mol. The third-order valence-corrected chi connectivity index (χ3v) is 17.7.